The summed E-state index contributed by atoms with van der Waals surface area (Å²) in [7, 11) is 0. The van der Waals surface area contributed by atoms with Gasteiger partial charge in [0.1, 0.15) is 12.2 Å². The van der Waals surface area contributed by atoms with Crippen LogP contribution in [0.25, 0.3) is 0 Å². The van der Waals surface area contributed by atoms with Crippen LogP contribution in [0.1, 0.15) is 18.4 Å². The Morgan fingerprint density at radius 3 is 2.40 bits per heavy atom. The molecule has 1 aromatic rings. The molecule has 20 heavy (non-hydrogen) atoms. The largest absolute Gasteiger partial charge is 0.395 e. The van der Waals surface area contributed by atoms with Crippen LogP contribution < -0.4 is 0 Å². The number of aliphatic hydroxyl groups excluding tert-OH is 4. The van der Waals surface area contributed by atoms with Crippen LogP contribution >= 0.6 is 0 Å². The molecule has 1 saturated heterocycles. The van der Waals surface area contributed by atoms with Crippen LogP contribution in [0.4, 0.5) is 0 Å². The van der Waals surface area contributed by atoms with Crippen molar-refractivity contribution >= 4 is 0 Å². The van der Waals surface area contributed by atoms with Gasteiger partial charge in [-0.3, -0.25) is 4.90 Å². The van der Waals surface area contributed by atoms with Crippen LogP contribution in [0.5, 0.6) is 0 Å². The summed E-state index contributed by atoms with van der Waals surface area (Å²) >= 11 is 0. The Balaban J connectivity index is 2.07. The van der Waals surface area contributed by atoms with Gasteiger partial charge in [-0.2, -0.15) is 0 Å². The molecule has 0 saturated carbocycles. The molecular formula is C15H23NO4. The van der Waals surface area contributed by atoms with Crippen LogP contribution in [0.15, 0.2) is 30.3 Å². The molecular weight excluding hydrogens is 258 g/mol. The van der Waals surface area contributed by atoms with E-state index in [-0.39, 0.29) is 19.1 Å². The lowest BCUT2D eigenvalue weighted by Gasteiger charge is -2.44. The standard InChI is InChI=1S/C15H23NO4/c1-10(11-5-3-2-4-6-11)7-16-8-13(18)15(20)14(19)12(16)9-17/h2-6,10,12-15,17-20H,7-9H2,1H3/t10-,12-,13-,14+,15+/m0/s1. The summed E-state index contributed by atoms with van der Waals surface area (Å²) in [6.45, 7) is 2.68. The Morgan fingerprint density at radius 1 is 1.15 bits per heavy atom. The van der Waals surface area contributed by atoms with Crippen molar-refractivity contribution in [2.24, 2.45) is 0 Å². The first kappa shape index (κ1) is 15.4. The molecule has 0 aromatic heterocycles. The molecule has 5 nitrogen and oxygen atoms in total. The minimum Gasteiger partial charge on any atom is -0.395 e. The number of β-amino-alcohol motifs (C(OH)–C–C–N with tert-alkyl or cyclic N) is 1. The quantitative estimate of drug-likeness (QED) is 0.601. The molecule has 0 aliphatic carbocycles. The normalized spacial score (nSPS) is 33.0. The summed E-state index contributed by atoms with van der Waals surface area (Å²) in [6, 6.07) is 9.42. The van der Waals surface area contributed by atoms with Crippen LogP contribution in [-0.4, -0.2) is 69.4 Å². The molecule has 2 rings (SSSR count). The number of benzene rings is 1. The lowest BCUT2D eigenvalue weighted by atomic mass is 9.92. The van der Waals surface area contributed by atoms with Gasteiger partial charge < -0.3 is 20.4 Å². The molecule has 0 spiro atoms. The van der Waals surface area contributed by atoms with Crippen molar-refractivity contribution in [2.45, 2.75) is 37.2 Å². The van der Waals surface area contributed by atoms with Crippen LogP contribution in [-0.2, 0) is 0 Å². The van der Waals surface area contributed by atoms with Crippen molar-refractivity contribution in [2.75, 3.05) is 19.7 Å². The number of aliphatic hydroxyl groups is 4. The van der Waals surface area contributed by atoms with Gasteiger partial charge in [-0.05, 0) is 11.5 Å². The fourth-order valence-electron chi connectivity index (χ4n) is 2.83. The summed E-state index contributed by atoms with van der Waals surface area (Å²) in [5.41, 5.74) is 1.17. The number of rotatable bonds is 4. The molecule has 1 aliphatic rings. The van der Waals surface area contributed by atoms with Crippen LogP contribution in [0.3, 0.4) is 0 Å². The molecule has 1 heterocycles. The van der Waals surface area contributed by atoms with E-state index in [1.165, 1.54) is 5.56 Å². The first-order valence-corrected chi connectivity index (χ1v) is 6.98. The highest BCUT2D eigenvalue weighted by Crippen LogP contribution is 2.23. The zero-order valence-corrected chi connectivity index (χ0v) is 11.6. The molecule has 1 aliphatic heterocycles. The number of hydrogen-bond acceptors (Lipinski definition) is 5. The molecule has 0 bridgehead atoms. The second-order valence-electron chi connectivity index (χ2n) is 5.56. The van der Waals surface area contributed by atoms with E-state index >= 15 is 0 Å². The van der Waals surface area contributed by atoms with Crippen molar-refractivity contribution in [3.8, 4) is 0 Å². The zero-order valence-electron chi connectivity index (χ0n) is 11.6. The highest BCUT2D eigenvalue weighted by atomic mass is 16.4. The van der Waals surface area contributed by atoms with E-state index in [0.29, 0.717) is 6.54 Å². The van der Waals surface area contributed by atoms with Gasteiger partial charge >= 0.3 is 0 Å². The minimum absolute atomic E-state index is 0.208. The molecule has 1 aromatic carbocycles. The third kappa shape index (κ3) is 3.19. The fraction of sp³-hybridized carbons (Fsp3) is 0.600. The smallest absolute Gasteiger partial charge is 0.109 e. The zero-order chi connectivity index (χ0) is 14.7. The van der Waals surface area contributed by atoms with Gasteiger partial charge in [0, 0.05) is 13.1 Å². The highest BCUT2D eigenvalue weighted by molar-refractivity contribution is 5.19. The summed E-state index contributed by atoms with van der Waals surface area (Å²) in [5.74, 6) is 0.208. The molecule has 0 unspecified atom stereocenters. The average Bonchev–Trinajstić information content (AvgIpc) is 2.46. The van der Waals surface area contributed by atoms with Crippen molar-refractivity contribution in [3.05, 3.63) is 35.9 Å². The predicted molar refractivity (Wildman–Crippen MR) is 75.3 cm³/mol. The van der Waals surface area contributed by atoms with Gasteiger partial charge in [0.05, 0.1) is 18.8 Å². The molecule has 5 heteroatoms. The van der Waals surface area contributed by atoms with Crippen molar-refractivity contribution in [3.63, 3.8) is 0 Å². The number of hydrogen-bond donors (Lipinski definition) is 4. The Morgan fingerprint density at radius 2 is 1.80 bits per heavy atom. The third-order valence-electron chi connectivity index (χ3n) is 4.09. The van der Waals surface area contributed by atoms with E-state index in [4.69, 9.17) is 0 Å². The molecule has 1 fully saturated rings. The van der Waals surface area contributed by atoms with Gasteiger partial charge in [0.15, 0.2) is 0 Å². The monoisotopic (exact) mass is 281 g/mol. The van der Waals surface area contributed by atoms with Gasteiger partial charge in [0.25, 0.3) is 0 Å². The van der Waals surface area contributed by atoms with Crippen molar-refractivity contribution in [1.29, 1.82) is 0 Å². The second kappa shape index (κ2) is 6.65. The van der Waals surface area contributed by atoms with E-state index in [1.807, 2.05) is 35.2 Å². The summed E-state index contributed by atoms with van der Waals surface area (Å²) in [6.07, 6.45) is -3.32. The van der Waals surface area contributed by atoms with E-state index in [9.17, 15) is 20.4 Å². The van der Waals surface area contributed by atoms with Crippen molar-refractivity contribution < 1.29 is 20.4 Å². The van der Waals surface area contributed by atoms with E-state index in [0.717, 1.165) is 0 Å². The molecule has 5 atom stereocenters. The number of piperidine rings is 1. The number of likely N-dealkylation sites (tertiary alicyclic amines) is 1. The maximum Gasteiger partial charge on any atom is 0.109 e. The first-order valence-electron chi connectivity index (χ1n) is 6.98. The maximum atomic E-state index is 9.95. The third-order valence-corrected chi connectivity index (χ3v) is 4.09. The lowest BCUT2D eigenvalue weighted by Crippen LogP contribution is -2.62. The van der Waals surface area contributed by atoms with E-state index in [2.05, 4.69) is 6.92 Å². The highest BCUT2D eigenvalue weighted by Gasteiger charge is 2.41. The topological polar surface area (TPSA) is 84.2 Å². The molecule has 4 N–H and O–H groups in total. The Labute approximate surface area is 119 Å². The SMILES string of the molecule is C[C@@H](CN1C[C@H](O)[C@@H](O)[C@H](O)[C@@H]1CO)c1ccccc1. The lowest BCUT2D eigenvalue weighted by molar-refractivity contribution is -0.145. The van der Waals surface area contributed by atoms with Gasteiger partial charge in [-0.25, -0.2) is 0 Å². The van der Waals surface area contributed by atoms with Crippen LogP contribution in [0.2, 0.25) is 0 Å². The van der Waals surface area contributed by atoms with Gasteiger partial charge in [0.2, 0.25) is 0 Å². The molecule has 0 radical (unpaired) electrons. The number of nitrogens with zero attached hydrogens (tertiary/aromatic N) is 1. The first-order chi connectivity index (χ1) is 9.54. The van der Waals surface area contributed by atoms with Gasteiger partial charge in [-0.1, -0.05) is 37.3 Å². The molecule has 112 valence electrons. The predicted octanol–water partition coefficient (Wildman–Crippen LogP) is -0.451. The van der Waals surface area contributed by atoms with Gasteiger partial charge in [-0.15, -0.1) is 0 Å². The maximum absolute atomic E-state index is 9.95. The Kier molecular flexibility index (Phi) is 5.12. The summed E-state index contributed by atoms with van der Waals surface area (Å²) < 4.78 is 0. The Bertz CT molecular complexity index is 414. The molecule has 0 amide bonds. The van der Waals surface area contributed by atoms with E-state index in [1.54, 1.807) is 0 Å². The minimum atomic E-state index is -1.20. The van der Waals surface area contributed by atoms with E-state index < -0.39 is 24.4 Å². The van der Waals surface area contributed by atoms with Crippen LogP contribution in [0, 0.1) is 0 Å². The summed E-state index contributed by atoms with van der Waals surface area (Å²) in [4.78, 5) is 1.85. The Hall–Kier alpha value is -0.980. The summed E-state index contributed by atoms with van der Waals surface area (Å²) in [5, 5.41) is 38.8. The average molecular weight is 281 g/mol. The fourth-order valence-corrected chi connectivity index (χ4v) is 2.83. The second-order valence-corrected chi connectivity index (χ2v) is 5.56. The van der Waals surface area contributed by atoms with Crippen molar-refractivity contribution in [1.82, 2.24) is 4.90 Å².